The lowest BCUT2D eigenvalue weighted by molar-refractivity contribution is 0.243. The Bertz CT molecular complexity index is 381. The zero-order valence-corrected chi connectivity index (χ0v) is 11.4. The van der Waals surface area contributed by atoms with Crippen LogP contribution in [0.15, 0.2) is 16.9 Å². The van der Waals surface area contributed by atoms with E-state index in [9.17, 15) is 0 Å². The van der Waals surface area contributed by atoms with E-state index in [1.165, 1.54) is 25.8 Å². The van der Waals surface area contributed by atoms with Gasteiger partial charge in [0.25, 0.3) is 0 Å². The minimum Gasteiger partial charge on any atom is -0.340 e. The maximum absolute atomic E-state index is 4.39. The normalized spacial score (nSPS) is 28.9. The van der Waals surface area contributed by atoms with Crippen molar-refractivity contribution in [3.05, 3.63) is 16.9 Å². The molecule has 0 aromatic carbocycles. The van der Waals surface area contributed by atoms with Crippen LogP contribution in [0.2, 0.25) is 0 Å². The third kappa shape index (κ3) is 2.45. The molecule has 2 saturated heterocycles. The summed E-state index contributed by atoms with van der Waals surface area (Å²) in [4.78, 5) is 11.1. The highest BCUT2D eigenvalue weighted by molar-refractivity contribution is 9.10. The van der Waals surface area contributed by atoms with Crippen LogP contribution >= 0.6 is 15.9 Å². The number of fused-ring (bicyclic) bond motifs is 1. The molecule has 0 radical (unpaired) electrons. The molecule has 0 bridgehead atoms. The molecular weight excluding hydrogens is 280 g/mol. The van der Waals surface area contributed by atoms with Crippen LogP contribution in [0.25, 0.3) is 0 Å². The highest BCUT2D eigenvalue weighted by Crippen LogP contribution is 2.26. The Kier molecular flexibility index (Phi) is 3.29. The first kappa shape index (κ1) is 11.4. The van der Waals surface area contributed by atoms with Crippen LogP contribution in [0.5, 0.6) is 0 Å². The van der Waals surface area contributed by atoms with Crippen molar-refractivity contribution >= 4 is 21.9 Å². The van der Waals surface area contributed by atoms with Gasteiger partial charge in [-0.2, -0.15) is 0 Å². The minimum atomic E-state index is 0.718. The Hall–Kier alpha value is -0.680. The monoisotopic (exact) mass is 296 g/mol. The standard InChI is InChI=1S/C12H17BrN4/c13-10-6-15-12(16-7-10)17-5-3-11-9(8-17)2-1-4-14-11/h6-7,9,11,14H,1-5,8H2. The molecule has 1 aromatic heterocycles. The highest BCUT2D eigenvalue weighted by Gasteiger charge is 2.31. The SMILES string of the molecule is Brc1cnc(N2CCC3NCCCC3C2)nc1. The van der Waals surface area contributed by atoms with Gasteiger partial charge < -0.3 is 10.2 Å². The number of hydrogen-bond acceptors (Lipinski definition) is 4. The molecule has 2 atom stereocenters. The largest absolute Gasteiger partial charge is 0.340 e. The second-order valence-electron chi connectivity index (χ2n) is 4.90. The molecule has 0 spiro atoms. The van der Waals surface area contributed by atoms with Crippen molar-refractivity contribution in [3.63, 3.8) is 0 Å². The van der Waals surface area contributed by atoms with E-state index < -0.39 is 0 Å². The number of halogens is 1. The Labute approximate surface area is 110 Å². The van der Waals surface area contributed by atoms with Crippen molar-refractivity contribution in [2.24, 2.45) is 5.92 Å². The van der Waals surface area contributed by atoms with E-state index in [-0.39, 0.29) is 0 Å². The topological polar surface area (TPSA) is 41.1 Å². The molecule has 0 aliphatic carbocycles. The van der Waals surface area contributed by atoms with Crippen molar-refractivity contribution < 1.29 is 0 Å². The molecule has 17 heavy (non-hydrogen) atoms. The maximum atomic E-state index is 4.39. The van der Waals surface area contributed by atoms with E-state index in [0.717, 1.165) is 35.5 Å². The highest BCUT2D eigenvalue weighted by atomic mass is 79.9. The van der Waals surface area contributed by atoms with Crippen molar-refractivity contribution in [1.29, 1.82) is 0 Å². The number of nitrogens with zero attached hydrogens (tertiary/aromatic N) is 3. The first-order valence-corrected chi connectivity index (χ1v) is 7.08. The number of aromatic nitrogens is 2. The van der Waals surface area contributed by atoms with Crippen LogP contribution < -0.4 is 10.2 Å². The van der Waals surface area contributed by atoms with E-state index in [0.29, 0.717) is 0 Å². The first-order chi connectivity index (χ1) is 8.33. The fraction of sp³-hybridized carbons (Fsp3) is 0.667. The molecule has 3 heterocycles. The summed E-state index contributed by atoms with van der Waals surface area (Å²) in [6.07, 6.45) is 7.51. The van der Waals surface area contributed by atoms with E-state index in [2.05, 4.69) is 36.1 Å². The summed E-state index contributed by atoms with van der Waals surface area (Å²) < 4.78 is 0.940. The van der Waals surface area contributed by atoms with Gasteiger partial charge in [-0.15, -0.1) is 0 Å². The zero-order valence-electron chi connectivity index (χ0n) is 9.77. The molecule has 0 saturated carbocycles. The van der Waals surface area contributed by atoms with Crippen molar-refractivity contribution in [1.82, 2.24) is 15.3 Å². The quantitative estimate of drug-likeness (QED) is 0.858. The van der Waals surface area contributed by atoms with Gasteiger partial charge in [0.05, 0.1) is 4.47 Å². The average Bonchev–Trinajstić information content (AvgIpc) is 2.39. The fourth-order valence-corrected chi connectivity index (χ4v) is 3.10. The number of piperidine rings is 2. The molecule has 92 valence electrons. The number of hydrogen-bond donors (Lipinski definition) is 1. The van der Waals surface area contributed by atoms with E-state index in [1.54, 1.807) is 0 Å². The Morgan fingerprint density at radius 2 is 2.12 bits per heavy atom. The summed E-state index contributed by atoms with van der Waals surface area (Å²) in [5.41, 5.74) is 0. The molecule has 3 rings (SSSR count). The van der Waals surface area contributed by atoms with Crippen molar-refractivity contribution in [2.45, 2.75) is 25.3 Å². The van der Waals surface area contributed by atoms with E-state index in [1.807, 2.05) is 12.4 Å². The summed E-state index contributed by atoms with van der Waals surface area (Å²) >= 11 is 3.37. The second kappa shape index (κ2) is 4.90. The molecule has 2 unspecified atom stereocenters. The Balaban J connectivity index is 1.71. The van der Waals surface area contributed by atoms with Gasteiger partial charge in [-0.05, 0) is 47.7 Å². The molecule has 1 aromatic rings. The summed E-state index contributed by atoms with van der Waals surface area (Å²) in [5, 5.41) is 3.63. The molecule has 2 fully saturated rings. The molecule has 5 heteroatoms. The molecule has 1 N–H and O–H groups in total. The summed E-state index contributed by atoms with van der Waals surface area (Å²) in [7, 11) is 0. The van der Waals surface area contributed by atoms with Crippen molar-refractivity contribution in [2.75, 3.05) is 24.5 Å². The third-order valence-electron chi connectivity index (χ3n) is 3.78. The lowest BCUT2D eigenvalue weighted by Crippen LogP contribution is -2.52. The molecular formula is C12H17BrN4. The van der Waals surface area contributed by atoms with Crippen LogP contribution in [0.1, 0.15) is 19.3 Å². The minimum absolute atomic E-state index is 0.718. The van der Waals surface area contributed by atoms with Gasteiger partial charge in [0.1, 0.15) is 0 Å². The maximum Gasteiger partial charge on any atom is 0.225 e. The second-order valence-corrected chi connectivity index (χ2v) is 5.81. The predicted molar refractivity (Wildman–Crippen MR) is 71.1 cm³/mol. The summed E-state index contributed by atoms with van der Waals surface area (Å²) in [6.45, 7) is 3.35. The Morgan fingerprint density at radius 3 is 2.94 bits per heavy atom. The van der Waals surface area contributed by atoms with Gasteiger partial charge in [-0.3, -0.25) is 0 Å². The molecule has 0 amide bonds. The molecule has 2 aliphatic heterocycles. The van der Waals surface area contributed by atoms with Gasteiger partial charge in [0.15, 0.2) is 0 Å². The zero-order chi connectivity index (χ0) is 11.7. The molecule has 4 nitrogen and oxygen atoms in total. The average molecular weight is 297 g/mol. The van der Waals surface area contributed by atoms with Gasteiger partial charge in [-0.25, -0.2) is 9.97 Å². The van der Waals surface area contributed by atoms with Crippen LogP contribution in [-0.4, -0.2) is 35.6 Å². The summed E-state index contributed by atoms with van der Waals surface area (Å²) in [6, 6.07) is 0.718. The first-order valence-electron chi connectivity index (χ1n) is 6.29. The number of rotatable bonds is 1. The smallest absolute Gasteiger partial charge is 0.225 e. The number of anilines is 1. The predicted octanol–water partition coefficient (Wildman–Crippen LogP) is 1.82. The third-order valence-corrected chi connectivity index (χ3v) is 4.19. The number of nitrogens with one attached hydrogen (secondary N) is 1. The van der Waals surface area contributed by atoms with Gasteiger partial charge in [0, 0.05) is 31.5 Å². The van der Waals surface area contributed by atoms with Gasteiger partial charge in [0.2, 0.25) is 5.95 Å². The van der Waals surface area contributed by atoms with E-state index in [4.69, 9.17) is 0 Å². The summed E-state index contributed by atoms with van der Waals surface area (Å²) in [5.74, 6) is 1.64. The fourth-order valence-electron chi connectivity index (χ4n) is 2.90. The van der Waals surface area contributed by atoms with Gasteiger partial charge >= 0.3 is 0 Å². The van der Waals surface area contributed by atoms with Gasteiger partial charge in [-0.1, -0.05) is 0 Å². The molecule has 2 aliphatic rings. The van der Waals surface area contributed by atoms with E-state index >= 15 is 0 Å². The lowest BCUT2D eigenvalue weighted by atomic mass is 9.85. The van der Waals surface area contributed by atoms with Crippen LogP contribution in [0.4, 0.5) is 5.95 Å². The Morgan fingerprint density at radius 1 is 1.29 bits per heavy atom. The van der Waals surface area contributed by atoms with Crippen LogP contribution in [-0.2, 0) is 0 Å². The van der Waals surface area contributed by atoms with Crippen molar-refractivity contribution in [3.8, 4) is 0 Å². The lowest BCUT2D eigenvalue weighted by Gasteiger charge is -2.41. The van der Waals surface area contributed by atoms with Crippen LogP contribution in [0, 0.1) is 5.92 Å². The van der Waals surface area contributed by atoms with Crippen LogP contribution in [0.3, 0.4) is 0 Å².